The molecule has 0 unspecified atom stereocenters. The van der Waals surface area contributed by atoms with Crippen LogP contribution in [0.1, 0.15) is 6.92 Å². The van der Waals surface area contributed by atoms with Crippen LogP contribution in [0, 0.1) is 5.82 Å². The topological polar surface area (TPSA) is 106 Å². The number of hydrogen-bond acceptors (Lipinski definition) is 3. The van der Waals surface area contributed by atoms with Gasteiger partial charge < -0.3 is 20.5 Å². The number of halogens is 1. The van der Waals surface area contributed by atoms with Gasteiger partial charge in [-0.25, -0.2) is 14.0 Å². The summed E-state index contributed by atoms with van der Waals surface area (Å²) < 4.78 is 14.9. The Labute approximate surface area is 126 Å². The number of benzene rings is 1. The van der Waals surface area contributed by atoms with Gasteiger partial charge in [0, 0.05) is 41.8 Å². The summed E-state index contributed by atoms with van der Waals surface area (Å²) in [7, 11) is 0. The second kappa shape index (κ2) is 7.94. The van der Waals surface area contributed by atoms with E-state index in [4.69, 9.17) is 15.9 Å². The summed E-state index contributed by atoms with van der Waals surface area (Å²) in [5.41, 5.74) is 6.74. The summed E-state index contributed by atoms with van der Waals surface area (Å²) in [6.07, 6.45) is 3.05. The molecule has 0 aliphatic heterocycles. The van der Waals surface area contributed by atoms with E-state index in [-0.39, 0.29) is 11.9 Å². The van der Waals surface area contributed by atoms with Gasteiger partial charge in [0.25, 0.3) is 0 Å². The zero-order valence-electron chi connectivity index (χ0n) is 11.9. The van der Waals surface area contributed by atoms with Crippen LogP contribution in [0.25, 0.3) is 10.9 Å². The molecule has 0 saturated heterocycles. The molecule has 22 heavy (non-hydrogen) atoms. The first-order valence-electron chi connectivity index (χ1n) is 6.43. The van der Waals surface area contributed by atoms with Crippen LogP contribution < -0.4 is 5.73 Å². The number of aliphatic carboxylic acids is 2. The molecule has 6 nitrogen and oxygen atoms in total. The van der Waals surface area contributed by atoms with Gasteiger partial charge in [0.2, 0.25) is 0 Å². The summed E-state index contributed by atoms with van der Waals surface area (Å²) in [6.45, 7) is 2.71. The molecule has 7 heteroatoms. The Hall–Kier alpha value is -2.67. The molecule has 2 rings (SSSR count). The smallest absolute Gasteiger partial charge is 0.328 e. The highest BCUT2D eigenvalue weighted by Gasteiger charge is 2.03. The highest BCUT2D eigenvalue weighted by atomic mass is 19.1. The molecule has 1 heterocycles. The van der Waals surface area contributed by atoms with Crippen molar-refractivity contribution in [2.45, 2.75) is 19.5 Å². The van der Waals surface area contributed by atoms with Crippen LogP contribution in [0.5, 0.6) is 0 Å². The molecule has 0 aliphatic rings. The molecule has 0 fully saturated rings. The molecular formula is C15H17FN2O4. The Balaban J connectivity index is 0.000000261. The summed E-state index contributed by atoms with van der Waals surface area (Å²) >= 11 is 0. The van der Waals surface area contributed by atoms with E-state index in [1.807, 2.05) is 23.8 Å². The Morgan fingerprint density at radius 1 is 1.27 bits per heavy atom. The van der Waals surface area contributed by atoms with Gasteiger partial charge in [-0.15, -0.1) is 0 Å². The number of carboxylic acids is 2. The van der Waals surface area contributed by atoms with Gasteiger partial charge in [-0.3, -0.25) is 0 Å². The van der Waals surface area contributed by atoms with Crippen LogP contribution in [-0.2, 0) is 16.1 Å². The lowest BCUT2D eigenvalue weighted by atomic mass is 10.2. The van der Waals surface area contributed by atoms with Gasteiger partial charge in [0.1, 0.15) is 5.82 Å². The Bertz CT molecular complexity index is 676. The van der Waals surface area contributed by atoms with Crippen LogP contribution in [0.4, 0.5) is 4.39 Å². The number of nitrogens with zero attached hydrogens (tertiary/aromatic N) is 1. The van der Waals surface area contributed by atoms with E-state index in [1.165, 1.54) is 12.1 Å². The first kappa shape index (κ1) is 17.4. The molecule has 1 aromatic heterocycles. The molecule has 4 N–H and O–H groups in total. The molecule has 0 aliphatic carbocycles. The minimum atomic E-state index is -1.26. The Kier molecular flexibility index (Phi) is 6.27. The molecule has 2 aromatic rings. The van der Waals surface area contributed by atoms with E-state index in [9.17, 15) is 14.0 Å². The van der Waals surface area contributed by atoms with Crippen molar-refractivity contribution in [3.63, 3.8) is 0 Å². The van der Waals surface area contributed by atoms with E-state index in [2.05, 4.69) is 0 Å². The van der Waals surface area contributed by atoms with E-state index in [0.29, 0.717) is 12.2 Å². The number of fused-ring (bicyclic) bond motifs is 1. The van der Waals surface area contributed by atoms with Gasteiger partial charge in [0.15, 0.2) is 0 Å². The number of carbonyl (C=O) groups is 2. The predicted octanol–water partition coefficient (Wildman–Crippen LogP) is 1.84. The highest BCUT2D eigenvalue weighted by Crippen LogP contribution is 2.17. The number of carboxylic acid groups (broad SMARTS) is 2. The number of hydrogen-bond donors (Lipinski definition) is 3. The summed E-state index contributed by atoms with van der Waals surface area (Å²) in [4.78, 5) is 19.1. The summed E-state index contributed by atoms with van der Waals surface area (Å²) in [6, 6.07) is 6.80. The molecule has 0 radical (unpaired) electrons. The average Bonchev–Trinajstić information content (AvgIpc) is 2.78. The quantitative estimate of drug-likeness (QED) is 0.747. The second-order valence-electron chi connectivity index (χ2n) is 4.66. The maximum Gasteiger partial charge on any atom is 0.328 e. The van der Waals surface area contributed by atoms with Crippen molar-refractivity contribution < 1.29 is 24.2 Å². The molecule has 0 saturated carbocycles. The zero-order chi connectivity index (χ0) is 16.7. The van der Waals surface area contributed by atoms with Crippen molar-refractivity contribution in [1.82, 2.24) is 4.57 Å². The Morgan fingerprint density at radius 3 is 2.36 bits per heavy atom. The third-order valence-electron chi connectivity index (χ3n) is 2.59. The lowest BCUT2D eigenvalue weighted by molar-refractivity contribution is -0.134. The van der Waals surface area contributed by atoms with Crippen LogP contribution in [0.2, 0.25) is 0 Å². The summed E-state index contributed by atoms with van der Waals surface area (Å²) in [5, 5.41) is 16.5. The molecule has 0 spiro atoms. The van der Waals surface area contributed by atoms with E-state index >= 15 is 0 Å². The third kappa shape index (κ3) is 5.76. The number of nitrogens with two attached hydrogens (primary N) is 1. The summed E-state index contributed by atoms with van der Waals surface area (Å²) in [5.74, 6) is -2.71. The van der Waals surface area contributed by atoms with Crippen molar-refractivity contribution in [3.05, 3.63) is 48.4 Å². The first-order chi connectivity index (χ1) is 10.3. The fraction of sp³-hybridized carbons (Fsp3) is 0.200. The highest BCUT2D eigenvalue weighted by molar-refractivity contribution is 5.89. The van der Waals surface area contributed by atoms with Crippen LogP contribution in [0.3, 0.4) is 0 Å². The van der Waals surface area contributed by atoms with Gasteiger partial charge in [-0.05, 0) is 31.2 Å². The van der Waals surface area contributed by atoms with Crippen molar-refractivity contribution >= 4 is 22.8 Å². The monoisotopic (exact) mass is 308 g/mol. The minimum absolute atomic E-state index is 0.107. The average molecular weight is 308 g/mol. The second-order valence-corrected chi connectivity index (χ2v) is 4.66. The SMILES string of the molecule is C[C@H](N)Cn1ccc2cc(F)ccc21.O=C(O)/C=C/C(=O)O. The Morgan fingerprint density at radius 2 is 1.86 bits per heavy atom. The molecule has 1 aromatic carbocycles. The largest absolute Gasteiger partial charge is 0.478 e. The van der Waals surface area contributed by atoms with Gasteiger partial charge in [0.05, 0.1) is 0 Å². The minimum Gasteiger partial charge on any atom is -0.478 e. The van der Waals surface area contributed by atoms with E-state index in [0.717, 1.165) is 17.4 Å². The molecule has 0 bridgehead atoms. The van der Waals surface area contributed by atoms with Crippen LogP contribution in [0.15, 0.2) is 42.6 Å². The number of rotatable bonds is 4. The fourth-order valence-electron chi connectivity index (χ4n) is 1.78. The van der Waals surface area contributed by atoms with Gasteiger partial charge >= 0.3 is 11.9 Å². The standard InChI is InChI=1S/C11H13FN2.C4H4O4/c1-8(13)7-14-5-4-9-6-10(12)2-3-11(9)14;5-3(6)1-2-4(7)8/h2-6,8H,7,13H2,1H3;1-2H,(H,5,6)(H,7,8)/b;2-1+/t8-;/m0./s1. The first-order valence-corrected chi connectivity index (χ1v) is 6.43. The van der Waals surface area contributed by atoms with Crippen molar-refractivity contribution in [2.75, 3.05) is 0 Å². The van der Waals surface area contributed by atoms with Crippen LogP contribution in [-0.4, -0.2) is 32.8 Å². The maximum absolute atomic E-state index is 12.9. The molecular weight excluding hydrogens is 291 g/mol. The zero-order valence-corrected chi connectivity index (χ0v) is 11.9. The van der Waals surface area contributed by atoms with Gasteiger partial charge in [-0.2, -0.15) is 0 Å². The fourth-order valence-corrected chi connectivity index (χ4v) is 1.78. The molecule has 1 atom stereocenters. The van der Waals surface area contributed by atoms with E-state index in [1.54, 1.807) is 6.07 Å². The van der Waals surface area contributed by atoms with Crippen molar-refractivity contribution in [3.8, 4) is 0 Å². The maximum atomic E-state index is 12.9. The van der Waals surface area contributed by atoms with E-state index < -0.39 is 11.9 Å². The molecule has 118 valence electrons. The van der Waals surface area contributed by atoms with Crippen molar-refractivity contribution in [2.24, 2.45) is 5.73 Å². The third-order valence-corrected chi connectivity index (χ3v) is 2.59. The lowest BCUT2D eigenvalue weighted by Gasteiger charge is -2.07. The molecule has 0 amide bonds. The van der Waals surface area contributed by atoms with Crippen molar-refractivity contribution in [1.29, 1.82) is 0 Å². The predicted molar refractivity (Wildman–Crippen MR) is 80.0 cm³/mol. The number of aromatic nitrogens is 1. The van der Waals surface area contributed by atoms with Gasteiger partial charge in [-0.1, -0.05) is 0 Å². The lowest BCUT2D eigenvalue weighted by Crippen LogP contribution is -2.21. The normalized spacial score (nSPS) is 12.0. The van der Waals surface area contributed by atoms with Crippen LogP contribution >= 0.6 is 0 Å².